The monoisotopic (exact) mass is 277 g/mol. The van der Waals surface area contributed by atoms with E-state index in [9.17, 15) is 4.39 Å². The Kier molecular flexibility index (Phi) is 2.51. The normalized spacial score (nSPS) is 11.3. The van der Waals surface area contributed by atoms with Gasteiger partial charge in [0, 0.05) is 16.5 Å². The van der Waals surface area contributed by atoms with E-state index in [1.54, 1.807) is 23.0 Å². The molecule has 0 aliphatic heterocycles. The molecule has 0 amide bonds. The predicted molar refractivity (Wildman–Crippen MR) is 80.6 cm³/mol. The van der Waals surface area contributed by atoms with E-state index in [0.717, 1.165) is 33.2 Å². The molecule has 2 heterocycles. The minimum Gasteiger partial charge on any atom is -0.236 e. The van der Waals surface area contributed by atoms with E-state index < -0.39 is 0 Å². The van der Waals surface area contributed by atoms with E-state index in [2.05, 4.69) is 10.1 Å². The molecule has 2 aromatic heterocycles. The number of para-hydroxylation sites is 1. The summed E-state index contributed by atoms with van der Waals surface area (Å²) >= 11 is 0. The van der Waals surface area contributed by atoms with Crippen molar-refractivity contribution in [2.75, 3.05) is 0 Å². The third-order valence-corrected chi connectivity index (χ3v) is 3.73. The molecule has 0 N–H and O–H groups in total. The summed E-state index contributed by atoms with van der Waals surface area (Å²) in [6.45, 7) is 2.04. The van der Waals surface area contributed by atoms with Gasteiger partial charge in [0.25, 0.3) is 0 Å². The lowest BCUT2D eigenvalue weighted by Crippen LogP contribution is -1.90. The van der Waals surface area contributed by atoms with E-state index in [-0.39, 0.29) is 5.82 Å². The van der Waals surface area contributed by atoms with Crippen molar-refractivity contribution in [1.82, 2.24) is 14.6 Å². The lowest BCUT2D eigenvalue weighted by molar-refractivity contribution is 0.628. The molecular formula is C17H12FN3. The number of rotatable bonds is 1. The molecule has 0 atom stereocenters. The van der Waals surface area contributed by atoms with E-state index in [1.807, 2.05) is 31.2 Å². The number of nitrogens with zero attached hydrogens (tertiary/aromatic N) is 3. The molecule has 102 valence electrons. The molecular weight excluding hydrogens is 265 g/mol. The van der Waals surface area contributed by atoms with Crippen molar-refractivity contribution in [3.8, 4) is 11.3 Å². The molecule has 0 fully saturated rings. The Morgan fingerprint density at radius 3 is 2.57 bits per heavy atom. The molecule has 0 saturated heterocycles. The number of halogens is 1. The first-order valence-electron chi connectivity index (χ1n) is 6.72. The molecule has 0 radical (unpaired) electrons. The third kappa shape index (κ3) is 1.80. The molecule has 0 saturated carbocycles. The second-order valence-electron chi connectivity index (χ2n) is 5.04. The highest BCUT2D eigenvalue weighted by Crippen LogP contribution is 2.29. The molecule has 4 heteroatoms. The van der Waals surface area contributed by atoms with Crippen LogP contribution in [0.4, 0.5) is 4.39 Å². The average Bonchev–Trinajstić information content (AvgIpc) is 2.86. The molecule has 2 aromatic carbocycles. The maximum absolute atomic E-state index is 13.1. The Morgan fingerprint density at radius 2 is 1.76 bits per heavy atom. The van der Waals surface area contributed by atoms with Crippen LogP contribution < -0.4 is 0 Å². The van der Waals surface area contributed by atoms with Gasteiger partial charge in [0.1, 0.15) is 12.1 Å². The Bertz CT molecular complexity index is 955. The standard InChI is InChI=1S/C17H12FN3/c1-11-16(12-6-8-13(18)9-7-12)20-21-10-19-15-5-3-2-4-14(15)17(11)21/h2-10H,1H3. The number of aryl methyl sites for hydroxylation is 1. The summed E-state index contributed by atoms with van der Waals surface area (Å²) in [5.74, 6) is -0.243. The number of benzene rings is 2. The Morgan fingerprint density at radius 1 is 1.00 bits per heavy atom. The Hall–Kier alpha value is -2.75. The largest absolute Gasteiger partial charge is 0.236 e. The van der Waals surface area contributed by atoms with Crippen LogP contribution in [0.2, 0.25) is 0 Å². The highest BCUT2D eigenvalue weighted by molar-refractivity contribution is 5.96. The molecule has 4 rings (SSSR count). The van der Waals surface area contributed by atoms with E-state index in [0.29, 0.717) is 0 Å². The zero-order chi connectivity index (χ0) is 14.4. The minimum atomic E-state index is -0.243. The van der Waals surface area contributed by atoms with Gasteiger partial charge in [-0.2, -0.15) is 5.10 Å². The molecule has 0 spiro atoms. The maximum atomic E-state index is 13.1. The summed E-state index contributed by atoms with van der Waals surface area (Å²) in [6.07, 6.45) is 1.72. The average molecular weight is 277 g/mol. The van der Waals surface area contributed by atoms with E-state index >= 15 is 0 Å². The lowest BCUT2D eigenvalue weighted by Gasteiger charge is -2.00. The molecule has 3 nitrogen and oxygen atoms in total. The summed E-state index contributed by atoms with van der Waals surface area (Å²) in [5, 5.41) is 5.66. The highest BCUT2D eigenvalue weighted by atomic mass is 19.1. The molecule has 4 aromatic rings. The summed E-state index contributed by atoms with van der Waals surface area (Å²) in [4.78, 5) is 4.41. The first-order valence-corrected chi connectivity index (χ1v) is 6.72. The quantitative estimate of drug-likeness (QED) is 0.526. The molecule has 0 aliphatic carbocycles. The van der Waals surface area contributed by atoms with Crippen LogP contribution in [-0.2, 0) is 0 Å². The lowest BCUT2D eigenvalue weighted by atomic mass is 10.1. The fourth-order valence-corrected chi connectivity index (χ4v) is 2.71. The first kappa shape index (κ1) is 12.0. The first-order chi connectivity index (χ1) is 10.2. The van der Waals surface area contributed by atoms with Crippen molar-refractivity contribution >= 4 is 16.4 Å². The van der Waals surface area contributed by atoms with Crippen LogP contribution in [0.3, 0.4) is 0 Å². The van der Waals surface area contributed by atoms with Crippen molar-refractivity contribution in [3.63, 3.8) is 0 Å². The van der Waals surface area contributed by atoms with Gasteiger partial charge in [-0.15, -0.1) is 0 Å². The zero-order valence-electron chi connectivity index (χ0n) is 11.4. The topological polar surface area (TPSA) is 30.2 Å². The number of fused-ring (bicyclic) bond motifs is 3. The van der Waals surface area contributed by atoms with Gasteiger partial charge in [0.05, 0.1) is 16.7 Å². The summed E-state index contributed by atoms with van der Waals surface area (Å²) in [6, 6.07) is 14.4. The van der Waals surface area contributed by atoms with Gasteiger partial charge < -0.3 is 0 Å². The van der Waals surface area contributed by atoms with Gasteiger partial charge in [0.15, 0.2) is 0 Å². The van der Waals surface area contributed by atoms with Gasteiger partial charge in [-0.3, -0.25) is 0 Å². The Labute approximate surface area is 120 Å². The number of hydrogen-bond acceptors (Lipinski definition) is 2. The SMILES string of the molecule is Cc1c(-c2ccc(F)cc2)nn2cnc3ccccc3c12. The molecule has 0 bridgehead atoms. The number of aromatic nitrogens is 3. The minimum absolute atomic E-state index is 0.243. The van der Waals surface area contributed by atoms with Gasteiger partial charge >= 0.3 is 0 Å². The van der Waals surface area contributed by atoms with Crippen molar-refractivity contribution in [1.29, 1.82) is 0 Å². The second kappa shape index (κ2) is 4.38. The van der Waals surface area contributed by atoms with Crippen LogP contribution >= 0.6 is 0 Å². The van der Waals surface area contributed by atoms with Crippen LogP contribution in [-0.4, -0.2) is 14.6 Å². The zero-order valence-corrected chi connectivity index (χ0v) is 11.4. The van der Waals surface area contributed by atoms with E-state index in [4.69, 9.17) is 0 Å². The Balaban J connectivity index is 2.06. The van der Waals surface area contributed by atoms with Gasteiger partial charge in [0.2, 0.25) is 0 Å². The van der Waals surface area contributed by atoms with Crippen LogP contribution in [0, 0.1) is 12.7 Å². The van der Waals surface area contributed by atoms with Crippen molar-refractivity contribution in [2.45, 2.75) is 6.92 Å². The second-order valence-corrected chi connectivity index (χ2v) is 5.04. The van der Waals surface area contributed by atoms with Crippen LogP contribution in [0.15, 0.2) is 54.9 Å². The summed E-state index contributed by atoms with van der Waals surface area (Å²) < 4.78 is 14.9. The predicted octanol–water partition coefficient (Wildman–Crippen LogP) is 4.00. The van der Waals surface area contributed by atoms with Crippen LogP contribution in [0.1, 0.15) is 5.56 Å². The van der Waals surface area contributed by atoms with Crippen molar-refractivity contribution in [2.24, 2.45) is 0 Å². The summed E-state index contributed by atoms with van der Waals surface area (Å²) in [5.41, 5.74) is 4.81. The fraction of sp³-hybridized carbons (Fsp3) is 0.0588. The van der Waals surface area contributed by atoms with E-state index in [1.165, 1.54) is 12.1 Å². The molecule has 21 heavy (non-hydrogen) atoms. The highest BCUT2D eigenvalue weighted by Gasteiger charge is 2.13. The molecule has 0 unspecified atom stereocenters. The maximum Gasteiger partial charge on any atom is 0.123 e. The van der Waals surface area contributed by atoms with Crippen molar-refractivity contribution < 1.29 is 4.39 Å². The smallest absolute Gasteiger partial charge is 0.123 e. The van der Waals surface area contributed by atoms with Gasteiger partial charge in [-0.05, 0) is 37.3 Å². The fourth-order valence-electron chi connectivity index (χ4n) is 2.71. The van der Waals surface area contributed by atoms with Gasteiger partial charge in [-0.1, -0.05) is 18.2 Å². The van der Waals surface area contributed by atoms with Gasteiger partial charge in [-0.25, -0.2) is 13.9 Å². The number of hydrogen-bond donors (Lipinski definition) is 0. The van der Waals surface area contributed by atoms with Crippen molar-refractivity contribution in [3.05, 3.63) is 66.2 Å². The molecule has 0 aliphatic rings. The summed E-state index contributed by atoms with van der Waals surface area (Å²) in [7, 11) is 0. The van der Waals surface area contributed by atoms with Crippen LogP contribution in [0.25, 0.3) is 27.7 Å². The third-order valence-electron chi connectivity index (χ3n) is 3.73. The van der Waals surface area contributed by atoms with Crippen LogP contribution in [0.5, 0.6) is 0 Å².